The number of hydrogen-bond donors (Lipinski definition) is 1. The van der Waals surface area contributed by atoms with Gasteiger partial charge in [-0.1, -0.05) is 18.2 Å². The van der Waals surface area contributed by atoms with Crippen molar-refractivity contribution >= 4 is 22.5 Å². The summed E-state index contributed by atoms with van der Waals surface area (Å²) in [6, 6.07) is 16.6. The number of carbonyl (C=O) groups is 1. The number of amides is 1. The lowest BCUT2D eigenvalue weighted by Crippen LogP contribution is -2.22. The van der Waals surface area contributed by atoms with Gasteiger partial charge >= 0.3 is 0 Å². The summed E-state index contributed by atoms with van der Waals surface area (Å²) in [5.74, 6) is 0.955. The highest BCUT2D eigenvalue weighted by molar-refractivity contribution is 5.92. The van der Waals surface area contributed by atoms with Gasteiger partial charge in [-0.3, -0.25) is 9.59 Å². The molecule has 0 atom stereocenters. The highest BCUT2D eigenvalue weighted by Crippen LogP contribution is 2.32. The lowest BCUT2D eigenvalue weighted by Gasteiger charge is -2.14. The molecule has 1 aliphatic rings. The molecule has 1 saturated carbocycles. The summed E-state index contributed by atoms with van der Waals surface area (Å²) >= 11 is 0. The number of carbonyl (C=O) groups excluding carboxylic acids is 1. The average molecular weight is 362 g/mol. The van der Waals surface area contributed by atoms with Gasteiger partial charge in [0.15, 0.2) is 6.61 Å². The van der Waals surface area contributed by atoms with E-state index in [0.717, 1.165) is 28.7 Å². The Morgan fingerprint density at radius 1 is 1.15 bits per heavy atom. The molecule has 0 radical (unpaired) electrons. The molecule has 1 aromatic heterocycles. The van der Waals surface area contributed by atoms with Gasteiger partial charge in [-0.15, -0.1) is 0 Å². The molecule has 0 aliphatic heterocycles. The maximum atomic E-state index is 12.5. The van der Waals surface area contributed by atoms with Crippen molar-refractivity contribution in [2.75, 3.05) is 11.9 Å². The number of anilines is 1. The fourth-order valence-electron chi connectivity index (χ4n) is 3.23. The van der Waals surface area contributed by atoms with Crippen LogP contribution in [0.2, 0.25) is 0 Å². The number of ether oxygens (including phenoxy) is 1. The Hall–Kier alpha value is -3.08. The summed E-state index contributed by atoms with van der Waals surface area (Å²) in [6.45, 7) is 2.60. The van der Waals surface area contributed by atoms with E-state index in [2.05, 4.69) is 5.32 Å². The molecule has 4 rings (SSSR count). The Bertz CT molecular complexity index is 1040. The van der Waals surface area contributed by atoms with Gasteiger partial charge in [0.2, 0.25) is 0 Å². The molecule has 3 aromatic rings. The third kappa shape index (κ3) is 4.03. The van der Waals surface area contributed by atoms with E-state index in [1.54, 1.807) is 6.07 Å². The Morgan fingerprint density at radius 2 is 1.93 bits per heavy atom. The lowest BCUT2D eigenvalue weighted by molar-refractivity contribution is -0.118. The largest absolute Gasteiger partial charge is 0.484 e. The van der Waals surface area contributed by atoms with Crippen LogP contribution in [0.3, 0.4) is 0 Å². The molecular formula is C22H22N2O3. The molecule has 1 amide bonds. The molecule has 138 valence electrons. The highest BCUT2D eigenvalue weighted by Gasteiger charge is 2.23. The van der Waals surface area contributed by atoms with Gasteiger partial charge in [0.25, 0.3) is 11.5 Å². The fourth-order valence-corrected chi connectivity index (χ4v) is 3.23. The van der Waals surface area contributed by atoms with E-state index in [9.17, 15) is 9.59 Å². The molecule has 5 heteroatoms. The highest BCUT2D eigenvalue weighted by atomic mass is 16.5. The fraction of sp³-hybridized carbons (Fsp3) is 0.273. The second-order valence-corrected chi connectivity index (χ2v) is 7.10. The smallest absolute Gasteiger partial charge is 0.262 e. The van der Waals surface area contributed by atoms with Gasteiger partial charge in [0, 0.05) is 29.8 Å². The van der Waals surface area contributed by atoms with E-state index in [-0.39, 0.29) is 18.1 Å². The van der Waals surface area contributed by atoms with Crippen molar-refractivity contribution in [3.8, 4) is 5.75 Å². The Labute approximate surface area is 157 Å². The van der Waals surface area contributed by atoms with Crippen LogP contribution in [-0.2, 0) is 11.3 Å². The first kappa shape index (κ1) is 17.3. The van der Waals surface area contributed by atoms with E-state index in [0.29, 0.717) is 11.7 Å². The van der Waals surface area contributed by atoms with Crippen LogP contribution < -0.4 is 15.6 Å². The zero-order valence-electron chi connectivity index (χ0n) is 15.3. The van der Waals surface area contributed by atoms with Gasteiger partial charge in [-0.05, 0) is 55.5 Å². The number of nitrogens with zero attached hydrogens (tertiary/aromatic N) is 1. The van der Waals surface area contributed by atoms with Crippen LogP contribution >= 0.6 is 0 Å². The molecule has 1 N–H and O–H groups in total. The van der Waals surface area contributed by atoms with Crippen molar-refractivity contribution in [2.45, 2.75) is 26.3 Å². The Balaban J connectivity index is 1.53. The molecule has 1 heterocycles. The molecule has 0 unspecified atom stereocenters. The van der Waals surface area contributed by atoms with E-state index < -0.39 is 0 Å². The molecule has 0 bridgehead atoms. The van der Waals surface area contributed by atoms with Crippen LogP contribution in [0.4, 0.5) is 5.69 Å². The molecule has 1 aliphatic carbocycles. The standard InChI is InChI=1S/C22H22N2O3/c1-15-11-22(26)24(13-16-7-8-16)20-12-18(9-10-19(15)20)27-14-21(25)23-17-5-3-2-4-6-17/h2-6,9-12,16H,7-8,13-14H2,1H3,(H,23,25). The molecule has 27 heavy (non-hydrogen) atoms. The molecule has 5 nitrogen and oxygen atoms in total. The third-order valence-corrected chi connectivity index (χ3v) is 4.86. The average Bonchev–Trinajstić information content (AvgIpc) is 3.48. The number of aryl methyl sites for hydroxylation is 1. The third-order valence-electron chi connectivity index (χ3n) is 4.86. The minimum absolute atomic E-state index is 0.0193. The molecule has 1 fully saturated rings. The van der Waals surface area contributed by atoms with Gasteiger partial charge in [0.05, 0.1) is 5.52 Å². The first-order valence-electron chi connectivity index (χ1n) is 9.22. The summed E-state index contributed by atoms with van der Waals surface area (Å²) < 4.78 is 7.51. The van der Waals surface area contributed by atoms with Crippen molar-refractivity contribution in [3.05, 3.63) is 70.5 Å². The van der Waals surface area contributed by atoms with Gasteiger partial charge in [-0.2, -0.15) is 0 Å². The number of aromatic nitrogens is 1. The molecular weight excluding hydrogens is 340 g/mol. The maximum absolute atomic E-state index is 12.5. The van der Waals surface area contributed by atoms with Crippen molar-refractivity contribution in [2.24, 2.45) is 5.92 Å². The quantitative estimate of drug-likeness (QED) is 0.727. The van der Waals surface area contributed by atoms with E-state index in [4.69, 9.17) is 4.74 Å². The van der Waals surface area contributed by atoms with Crippen LogP contribution in [0.1, 0.15) is 18.4 Å². The zero-order chi connectivity index (χ0) is 18.8. The summed E-state index contributed by atoms with van der Waals surface area (Å²) in [7, 11) is 0. The van der Waals surface area contributed by atoms with Crippen LogP contribution in [0.15, 0.2) is 59.4 Å². The van der Waals surface area contributed by atoms with E-state index in [1.807, 2.05) is 60.0 Å². The maximum Gasteiger partial charge on any atom is 0.262 e. The first-order chi connectivity index (χ1) is 13.1. The Kier molecular flexibility index (Phi) is 4.67. The SMILES string of the molecule is Cc1cc(=O)n(CC2CC2)c2cc(OCC(=O)Nc3ccccc3)ccc12. The number of fused-ring (bicyclic) bond motifs is 1. The van der Waals surface area contributed by atoms with Crippen LogP contribution in [-0.4, -0.2) is 17.1 Å². The van der Waals surface area contributed by atoms with E-state index >= 15 is 0 Å². The predicted octanol–water partition coefficient (Wildman–Crippen LogP) is 3.74. The summed E-state index contributed by atoms with van der Waals surface area (Å²) in [5.41, 5.74) is 2.58. The van der Waals surface area contributed by atoms with Crippen molar-refractivity contribution in [1.29, 1.82) is 0 Å². The monoisotopic (exact) mass is 362 g/mol. The minimum atomic E-state index is -0.221. The number of para-hydroxylation sites is 1. The van der Waals surface area contributed by atoms with Crippen molar-refractivity contribution in [3.63, 3.8) is 0 Å². The van der Waals surface area contributed by atoms with Gasteiger partial charge < -0.3 is 14.6 Å². The second kappa shape index (κ2) is 7.27. The second-order valence-electron chi connectivity index (χ2n) is 7.10. The molecule has 0 spiro atoms. The van der Waals surface area contributed by atoms with Crippen LogP contribution in [0, 0.1) is 12.8 Å². The predicted molar refractivity (Wildman–Crippen MR) is 106 cm³/mol. The van der Waals surface area contributed by atoms with Gasteiger partial charge in [0.1, 0.15) is 5.75 Å². The molecule has 0 saturated heterocycles. The topological polar surface area (TPSA) is 60.3 Å². The number of benzene rings is 2. The zero-order valence-corrected chi connectivity index (χ0v) is 15.3. The van der Waals surface area contributed by atoms with Crippen molar-refractivity contribution < 1.29 is 9.53 Å². The first-order valence-corrected chi connectivity index (χ1v) is 9.22. The number of rotatable bonds is 6. The number of nitrogens with one attached hydrogen (secondary N) is 1. The lowest BCUT2D eigenvalue weighted by atomic mass is 10.1. The molecule has 2 aromatic carbocycles. The van der Waals surface area contributed by atoms with Crippen LogP contribution in [0.5, 0.6) is 5.75 Å². The number of hydrogen-bond acceptors (Lipinski definition) is 3. The van der Waals surface area contributed by atoms with Crippen molar-refractivity contribution in [1.82, 2.24) is 4.57 Å². The Morgan fingerprint density at radius 3 is 2.67 bits per heavy atom. The summed E-state index contributed by atoms with van der Waals surface area (Å²) in [5, 5.41) is 3.83. The normalized spacial score (nSPS) is 13.5. The summed E-state index contributed by atoms with van der Waals surface area (Å²) in [6.07, 6.45) is 2.36. The summed E-state index contributed by atoms with van der Waals surface area (Å²) in [4.78, 5) is 24.5. The van der Waals surface area contributed by atoms with Crippen LogP contribution in [0.25, 0.3) is 10.9 Å². The number of pyridine rings is 1. The van der Waals surface area contributed by atoms with E-state index in [1.165, 1.54) is 12.8 Å². The van der Waals surface area contributed by atoms with Gasteiger partial charge in [-0.25, -0.2) is 0 Å². The minimum Gasteiger partial charge on any atom is -0.484 e.